The minimum absolute atomic E-state index is 0.225. The van der Waals surface area contributed by atoms with Crippen LogP contribution in [0.3, 0.4) is 0 Å². The summed E-state index contributed by atoms with van der Waals surface area (Å²) in [5, 5.41) is 3.60. The average Bonchev–Trinajstić information content (AvgIpc) is 2.88. The van der Waals surface area contributed by atoms with Crippen LogP contribution in [-0.4, -0.2) is 29.9 Å². The summed E-state index contributed by atoms with van der Waals surface area (Å²) in [6, 6.07) is 10.6. The molecule has 3 rings (SSSR count). The second-order valence-electron chi connectivity index (χ2n) is 7.09. The highest BCUT2D eigenvalue weighted by atomic mass is 35.5. The van der Waals surface area contributed by atoms with Gasteiger partial charge in [-0.1, -0.05) is 29.8 Å². The van der Waals surface area contributed by atoms with Gasteiger partial charge in [0.1, 0.15) is 11.4 Å². The Morgan fingerprint density at radius 2 is 1.71 bits per heavy atom. The van der Waals surface area contributed by atoms with Gasteiger partial charge in [-0.2, -0.15) is 0 Å². The van der Waals surface area contributed by atoms with Gasteiger partial charge in [0.2, 0.25) is 0 Å². The van der Waals surface area contributed by atoms with Crippen molar-refractivity contribution in [3.63, 3.8) is 0 Å². The summed E-state index contributed by atoms with van der Waals surface area (Å²) in [4.78, 5) is 27.5. The van der Waals surface area contributed by atoms with Crippen LogP contribution in [0.1, 0.15) is 30.5 Å². The lowest BCUT2D eigenvalue weighted by atomic mass is 9.99. The highest BCUT2D eigenvalue weighted by Crippen LogP contribution is 2.35. The number of nitrogens with zero attached hydrogens (tertiary/aromatic N) is 1. The second-order valence-corrected chi connectivity index (χ2v) is 7.53. The first kappa shape index (κ1) is 20.0. The fraction of sp³-hybridized carbons (Fsp3) is 0.273. The van der Waals surface area contributed by atoms with Crippen molar-refractivity contribution in [2.24, 2.45) is 0 Å². The van der Waals surface area contributed by atoms with Crippen LogP contribution in [0.15, 0.2) is 42.1 Å². The molecule has 0 aliphatic carbocycles. The van der Waals surface area contributed by atoms with Gasteiger partial charge in [0.05, 0.1) is 18.4 Å². The lowest BCUT2D eigenvalue weighted by Crippen LogP contribution is -2.38. The number of carbonyl (C=O) groups excluding carboxylic acids is 2. The molecule has 0 saturated carbocycles. The molecular weight excluding hydrogens is 376 g/mol. The summed E-state index contributed by atoms with van der Waals surface area (Å²) in [7, 11) is 1.54. The molecule has 2 amide bonds. The topological polar surface area (TPSA) is 58.6 Å². The van der Waals surface area contributed by atoms with Crippen molar-refractivity contribution >= 4 is 34.7 Å². The van der Waals surface area contributed by atoms with Crippen molar-refractivity contribution in [3.8, 4) is 5.75 Å². The van der Waals surface area contributed by atoms with E-state index < -0.39 is 0 Å². The number of carbonyl (C=O) groups is 2. The van der Waals surface area contributed by atoms with Crippen molar-refractivity contribution in [1.82, 2.24) is 4.90 Å². The van der Waals surface area contributed by atoms with Gasteiger partial charge >= 0.3 is 0 Å². The minimum Gasteiger partial charge on any atom is -0.495 e. The van der Waals surface area contributed by atoms with Gasteiger partial charge in [-0.15, -0.1) is 0 Å². The lowest BCUT2D eigenvalue weighted by molar-refractivity contribution is -0.138. The molecule has 2 aromatic carbocycles. The molecule has 28 heavy (non-hydrogen) atoms. The molecule has 0 saturated heterocycles. The highest BCUT2D eigenvalue weighted by molar-refractivity contribution is 6.37. The van der Waals surface area contributed by atoms with Crippen molar-refractivity contribution in [2.45, 2.75) is 33.7 Å². The summed E-state index contributed by atoms with van der Waals surface area (Å²) in [5.74, 6) is -0.151. The van der Waals surface area contributed by atoms with Gasteiger partial charge in [-0.3, -0.25) is 14.5 Å². The third-order valence-corrected chi connectivity index (χ3v) is 5.08. The number of aryl methyl sites for hydroxylation is 2. The van der Waals surface area contributed by atoms with Gasteiger partial charge in [0, 0.05) is 11.1 Å². The largest absolute Gasteiger partial charge is 0.495 e. The Labute approximate surface area is 169 Å². The number of amides is 2. The Morgan fingerprint density at radius 1 is 1.00 bits per heavy atom. The minimum atomic E-state index is -0.366. The molecule has 1 heterocycles. The molecule has 1 aliphatic rings. The molecule has 2 aromatic rings. The maximum absolute atomic E-state index is 13.1. The maximum Gasteiger partial charge on any atom is 0.278 e. The van der Waals surface area contributed by atoms with Crippen molar-refractivity contribution in [1.29, 1.82) is 0 Å². The fourth-order valence-electron chi connectivity index (χ4n) is 3.21. The smallest absolute Gasteiger partial charge is 0.278 e. The van der Waals surface area contributed by atoms with E-state index in [1.54, 1.807) is 18.2 Å². The Morgan fingerprint density at radius 3 is 2.32 bits per heavy atom. The van der Waals surface area contributed by atoms with Crippen LogP contribution in [0.4, 0.5) is 5.69 Å². The molecule has 1 aliphatic heterocycles. The first-order valence-corrected chi connectivity index (χ1v) is 9.42. The highest BCUT2D eigenvalue weighted by Gasteiger charge is 2.40. The quantitative estimate of drug-likeness (QED) is 0.750. The Balaban J connectivity index is 2.17. The molecule has 0 atom stereocenters. The van der Waals surface area contributed by atoms with Gasteiger partial charge in [0.15, 0.2) is 0 Å². The van der Waals surface area contributed by atoms with E-state index in [-0.39, 0.29) is 23.6 Å². The second kappa shape index (κ2) is 7.68. The van der Waals surface area contributed by atoms with E-state index in [9.17, 15) is 9.59 Å². The van der Waals surface area contributed by atoms with Crippen molar-refractivity contribution in [2.75, 3.05) is 12.4 Å². The molecule has 0 aromatic heterocycles. The van der Waals surface area contributed by atoms with Crippen LogP contribution in [-0.2, 0) is 9.59 Å². The maximum atomic E-state index is 13.1. The van der Waals surface area contributed by atoms with Crippen LogP contribution in [0, 0.1) is 13.8 Å². The zero-order chi connectivity index (χ0) is 20.6. The molecule has 0 unspecified atom stereocenters. The molecular formula is C22H23ClN2O3. The molecule has 5 nitrogen and oxygen atoms in total. The van der Waals surface area contributed by atoms with Crippen LogP contribution >= 0.6 is 11.6 Å². The number of anilines is 1. The number of methoxy groups -OCH3 is 1. The Hall–Kier alpha value is -2.79. The number of benzene rings is 2. The van der Waals surface area contributed by atoms with E-state index >= 15 is 0 Å². The molecule has 0 fully saturated rings. The monoisotopic (exact) mass is 398 g/mol. The van der Waals surface area contributed by atoms with Crippen LogP contribution in [0.2, 0.25) is 5.02 Å². The van der Waals surface area contributed by atoms with E-state index in [4.69, 9.17) is 16.3 Å². The first-order chi connectivity index (χ1) is 13.2. The van der Waals surface area contributed by atoms with Gasteiger partial charge in [-0.25, -0.2) is 0 Å². The van der Waals surface area contributed by atoms with Crippen LogP contribution < -0.4 is 10.1 Å². The van der Waals surface area contributed by atoms with Gasteiger partial charge in [0.25, 0.3) is 11.8 Å². The third kappa shape index (κ3) is 3.50. The standard InChI is InChI=1S/C22H23ClN2O3/c1-12(2)25-21(26)19(15-7-6-13(3)14(4)10-15)20(22(25)27)24-17-11-16(23)8-9-18(17)28-5/h6-12,24H,1-5H3. The molecule has 0 radical (unpaired) electrons. The van der Waals surface area contributed by atoms with E-state index in [2.05, 4.69) is 5.32 Å². The predicted octanol–water partition coefficient (Wildman–Crippen LogP) is 4.57. The average molecular weight is 399 g/mol. The molecule has 146 valence electrons. The molecule has 1 N–H and O–H groups in total. The van der Waals surface area contributed by atoms with E-state index in [0.29, 0.717) is 27.6 Å². The van der Waals surface area contributed by atoms with E-state index in [1.165, 1.54) is 12.0 Å². The summed E-state index contributed by atoms with van der Waals surface area (Å²) in [6.45, 7) is 7.62. The summed E-state index contributed by atoms with van der Waals surface area (Å²) in [6.07, 6.45) is 0. The van der Waals surface area contributed by atoms with E-state index in [0.717, 1.165) is 11.1 Å². The molecule has 0 spiro atoms. The molecule has 0 bridgehead atoms. The Kier molecular flexibility index (Phi) is 5.47. The van der Waals surface area contributed by atoms with Crippen LogP contribution in [0.25, 0.3) is 5.57 Å². The number of hydrogen-bond donors (Lipinski definition) is 1. The number of nitrogens with one attached hydrogen (secondary N) is 1. The zero-order valence-corrected chi connectivity index (χ0v) is 17.3. The number of halogens is 1. The molecule has 6 heteroatoms. The fourth-order valence-corrected chi connectivity index (χ4v) is 3.38. The lowest BCUT2D eigenvalue weighted by Gasteiger charge is -2.19. The summed E-state index contributed by atoms with van der Waals surface area (Å²) in [5.41, 5.74) is 3.97. The van der Waals surface area contributed by atoms with Gasteiger partial charge < -0.3 is 10.1 Å². The van der Waals surface area contributed by atoms with Crippen molar-refractivity contribution in [3.05, 3.63) is 63.8 Å². The number of ether oxygens (including phenoxy) is 1. The third-order valence-electron chi connectivity index (χ3n) is 4.85. The number of rotatable bonds is 5. The summed E-state index contributed by atoms with van der Waals surface area (Å²) >= 11 is 6.12. The zero-order valence-electron chi connectivity index (χ0n) is 16.6. The predicted molar refractivity (Wildman–Crippen MR) is 111 cm³/mol. The number of imide groups is 1. The Bertz CT molecular complexity index is 995. The first-order valence-electron chi connectivity index (χ1n) is 9.05. The number of hydrogen-bond acceptors (Lipinski definition) is 4. The normalized spacial score (nSPS) is 14.3. The van der Waals surface area contributed by atoms with Gasteiger partial charge in [-0.05, 0) is 62.6 Å². The summed E-state index contributed by atoms with van der Waals surface area (Å²) < 4.78 is 5.37. The van der Waals surface area contributed by atoms with E-state index in [1.807, 2.05) is 45.9 Å². The van der Waals surface area contributed by atoms with Crippen LogP contribution in [0.5, 0.6) is 5.75 Å². The SMILES string of the molecule is COc1ccc(Cl)cc1NC1=C(c2ccc(C)c(C)c2)C(=O)N(C(C)C)C1=O. The van der Waals surface area contributed by atoms with Crippen molar-refractivity contribution < 1.29 is 14.3 Å².